The summed E-state index contributed by atoms with van der Waals surface area (Å²) in [6.07, 6.45) is 3.46. The molecule has 1 heterocycles. The number of nitrogens with zero attached hydrogens (tertiary/aromatic N) is 1. The lowest BCUT2D eigenvalue weighted by Crippen LogP contribution is -2.54. The fraction of sp³-hybridized carbons (Fsp3) is 0.929. The zero-order valence-corrected chi connectivity index (χ0v) is 12.4. The highest BCUT2D eigenvalue weighted by molar-refractivity contribution is 5.82. The first kappa shape index (κ1) is 16.4. The Morgan fingerprint density at radius 1 is 1.58 bits per heavy atom. The summed E-state index contributed by atoms with van der Waals surface area (Å²) in [4.78, 5) is 14.1. The van der Waals surface area contributed by atoms with Gasteiger partial charge < -0.3 is 20.1 Å². The van der Waals surface area contributed by atoms with E-state index in [-0.39, 0.29) is 11.9 Å². The topological polar surface area (TPSA) is 61.8 Å². The molecule has 0 radical (unpaired) electrons. The predicted molar refractivity (Wildman–Crippen MR) is 75.0 cm³/mol. The first-order chi connectivity index (χ1) is 9.00. The van der Waals surface area contributed by atoms with Gasteiger partial charge in [0.2, 0.25) is 5.91 Å². The summed E-state index contributed by atoms with van der Waals surface area (Å²) >= 11 is 0. The maximum Gasteiger partial charge on any atom is 0.239 e. The van der Waals surface area contributed by atoms with Gasteiger partial charge in [-0.05, 0) is 32.7 Å². The number of carbonyl (C=O) groups is 1. The minimum absolute atomic E-state index is 0.0769. The van der Waals surface area contributed by atoms with Gasteiger partial charge in [0, 0.05) is 33.2 Å². The van der Waals surface area contributed by atoms with Gasteiger partial charge in [0.1, 0.15) is 0 Å². The smallest absolute Gasteiger partial charge is 0.239 e. The Morgan fingerprint density at radius 3 is 2.95 bits per heavy atom. The van der Waals surface area contributed by atoms with Crippen LogP contribution in [0.3, 0.4) is 0 Å². The largest absolute Gasteiger partial charge is 0.388 e. The Balaban J connectivity index is 2.50. The number of piperidine rings is 1. The van der Waals surface area contributed by atoms with Crippen molar-refractivity contribution in [3.63, 3.8) is 0 Å². The van der Waals surface area contributed by atoms with Crippen molar-refractivity contribution in [1.29, 1.82) is 0 Å². The highest BCUT2D eigenvalue weighted by atomic mass is 16.5. The fourth-order valence-corrected chi connectivity index (χ4v) is 2.42. The van der Waals surface area contributed by atoms with Crippen molar-refractivity contribution in [3.8, 4) is 0 Å². The second-order valence-corrected chi connectivity index (χ2v) is 5.65. The van der Waals surface area contributed by atoms with Crippen LogP contribution in [0.15, 0.2) is 0 Å². The molecule has 1 aliphatic heterocycles. The van der Waals surface area contributed by atoms with E-state index in [0.29, 0.717) is 19.6 Å². The number of likely N-dealkylation sites (tertiary alicyclic amines) is 1. The molecular weight excluding hydrogens is 244 g/mol. The van der Waals surface area contributed by atoms with Crippen molar-refractivity contribution in [2.45, 2.75) is 51.2 Å². The van der Waals surface area contributed by atoms with E-state index in [9.17, 15) is 9.90 Å². The van der Waals surface area contributed by atoms with Gasteiger partial charge in [0.15, 0.2) is 0 Å². The van der Waals surface area contributed by atoms with Gasteiger partial charge in [-0.3, -0.25) is 4.79 Å². The van der Waals surface area contributed by atoms with Crippen molar-refractivity contribution in [2.75, 3.05) is 33.4 Å². The quantitative estimate of drug-likeness (QED) is 0.685. The van der Waals surface area contributed by atoms with E-state index in [0.717, 1.165) is 32.4 Å². The average Bonchev–Trinajstić information content (AvgIpc) is 2.37. The third-order valence-corrected chi connectivity index (χ3v) is 3.55. The third kappa shape index (κ3) is 5.47. The van der Waals surface area contributed by atoms with E-state index in [4.69, 9.17) is 4.74 Å². The van der Waals surface area contributed by atoms with Gasteiger partial charge in [-0.1, -0.05) is 6.92 Å². The number of nitrogens with one attached hydrogen (secondary N) is 1. The molecule has 0 aromatic heterocycles. The van der Waals surface area contributed by atoms with Crippen molar-refractivity contribution >= 4 is 5.91 Å². The Kier molecular flexibility index (Phi) is 6.75. The van der Waals surface area contributed by atoms with Crippen LogP contribution in [0.5, 0.6) is 0 Å². The molecule has 0 aliphatic carbocycles. The molecule has 0 bridgehead atoms. The highest BCUT2D eigenvalue weighted by Gasteiger charge is 2.32. The summed E-state index contributed by atoms with van der Waals surface area (Å²) in [5.74, 6) is 0.123. The maximum atomic E-state index is 12.3. The normalized spacial score (nSPS) is 23.5. The molecular formula is C14H28N2O3. The van der Waals surface area contributed by atoms with Crippen LogP contribution in [-0.2, 0) is 9.53 Å². The number of carbonyl (C=O) groups excluding carboxylic acids is 1. The van der Waals surface area contributed by atoms with Crippen LogP contribution in [0.1, 0.15) is 39.5 Å². The molecule has 1 saturated heterocycles. The number of hydrogen-bond donors (Lipinski definition) is 2. The molecule has 19 heavy (non-hydrogen) atoms. The molecule has 0 spiro atoms. The minimum Gasteiger partial charge on any atom is -0.388 e. The number of β-amino-alcohol motifs (C(OH)–C–C–N with tert-alkyl or cyclic N) is 1. The van der Waals surface area contributed by atoms with E-state index in [1.165, 1.54) is 0 Å². The minimum atomic E-state index is -0.877. The summed E-state index contributed by atoms with van der Waals surface area (Å²) in [5, 5.41) is 13.6. The Morgan fingerprint density at radius 2 is 2.32 bits per heavy atom. The Labute approximate surface area is 116 Å². The Hall–Kier alpha value is -0.650. The number of methoxy groups -OCH3 is 1. The molecule has 0 aromatic carbocycles. The van der Waals surface area contributed by atoms with Crippen LogP contribution in [-0.4, -0.2) is 60.9 Å². The van der Waals surface area contributed by atoms with Gasteiger partial charge in [-0.25, -0.2) is 0 Å². The van der Waals surface area contributed by atoms with E-state index in [1.54, 1.807) is 18.9 Å². The summed E-state index contributed by atoms with van der Waals surface area (Å²) in [5.41, 5.74) is -0.877. The first-order valence-corrected chi connectivity index (χ1v) is 7.23. The summed E-state index contributed by atoms with van der Waals surface area (Å²) in [6.45, 7) is 6.36. The van der Waals surface area contributed by atoms with Crippen LogP contribution in [0.25, 0.3) is 0 Å². The number of ether oxygens (including phenoxy) is 1. The summed E-state index contributed by atoms with van der Waals surface area (Å²) < 4.78 is 4.99. The number of rotatable bonds is 8. The molecule has 2 atom stereocenters. The molecule has 1 rings (SSSR count). The van der Waals surface area contributed by atoms with Gasteiger partial charge in [0.05, 0.1) is 11.6 Å². The van der Waals surface area contributed by atoms with Crippen LogP contribution in [0, 0.1) is 0 Å². The van der Waals surface area contributed by atoms with Crippen LogP contribution in [0.2, 0.25) is 0 Å². The van der Waals surface area contributed by atoms with E-state index >= 15 is 0 Å². The summed E-state index contributed by atoms with van der Waals surface area (Å²) in [6, 6.07) is -0.0769. The molecule has 0 aromatic rings. The molecule has 5 heteroatoms. The van der Waals surface area contributed by atoms with Crippen molar-refractivity contribution < 1.29 is 14.6 Å². The first-order valence-electron chi connectivity index (χ1n) is 7.23. The van der Waals surface area contributed by atoms with Gasteiger partial charge in [-0.15, -0.1) is 0 Å². The molecule has 2 N–H and O–H groups in total. The number of hydrogen-bond acceptors (Lipinski definition) is 4. The van der Waals surface area contributed by atoms with Crippen molar-refractivity contribution in [2.24, 2.45) is 0 Å². The lowest BCUT2D eigenvalue weighted by molar-refractivity contribution is -0.140. The molecule has 2 unspecified atom stereocenters. The zero-order chi connectivity index (χ0) is 14.3. The monoisotopic (exact) mass is 272 g/mol. The second-order valence-electron chi connectivity index (χ2n) is 5.65. The maximum absolute atomic E-state index is 12.3. The van der Waals surface area contributed by atoms with E-state index in [2.05, 4.69) is 12.2 Å². The van der Waals surface area contributed by atoms with Crippen molar-refractivity contribution in [1.82, 2.24) is 10.2 Å². The molecule has 1 aliphatic rings. The molecule has 1 amide bonds. The lowest BCUT2D eigenvalue weighted by atomic mass is 9.98. The SMILES string of the molecule is CCCNC1CCCN(CC(C)(O)CCOC)C1=O. The summed E-state index contributed by atoms with van der Waals surface area (Å²) in [7, 11) is 1.62. The second kappa shape index (κ2) is 7.82. The Bertz CT molecular complexity index is 282. The predicted octanol–water partition coefficient (Wildman–Crippen LogP) is 0.764. The zero-order valence-electron chi connectivity index (χ0n) is 12.4. The van der Waals surface area contributed by atoms with E-state index < -0.39 is 5.60 Å². The number of amides is 1. The van der Waals surface area contributed by atoms with Crippen molar-refractivity contribution in [3.05, 3.63) is 0 Å². The molecule has 0 saturated carbocycles. The lowest BCUT2D eigenvalue weighted by Gasteiger charge is -2.37. The molecule has 1 fully saturated rings. The van der Waals surface area contributed by atoms with Crippen LogP contribution >= 0.6 is 0 Å². The van der Waals surface area contributed by atoms with Crippen LogP contribution in [0.4, 0.5) is 0 Å². The van der Waals surface area contributed by atoms with Gasteiger partial charge >= 0.3 is 0 Å². The van der Waals surface area contributed by atoms with Gasteiger partial charge in [-0.2, -0.15) is 0 Å². The average molecular weight is 272 g/mol. The highest BCUT2D eigenvalue weighted by Crippen LogP contribution is 2.17. The fourth-order valence-electron chi connectivity index (χ4n) is 2.42. The van der Waals surface area contributed by atoms with Crippen LogP contribution < -0.4 is 5.32 Å². The van der Waals surface area contributed by atoms with E-state index in [1.807, 2.05) is 0 Å². The number of aliphatic hydroxyl groups is 1. The standard InChI is InChI=1S/C14H28N2O3/c1-4-8-15-12-6-5-9-16(13(12)17)11-14(2,18)7-10-19-3/h12,15,18H,4-11H2,1-3H3. The molecule has 112 valence electrons. The molecule has 5 nitrogen and oxygen atoms in total. The third-order valence-electron chi connectivity index (χ3n) is 3.55. The van der Waals surface area contributed by atoms with Gasteiger partial charge in [0.25, 0.3) is 0 Å².